The van der Waals surface area contributed by atoms with Crippen molar-refractivity contribution in [3.63, 3.8) is 0 Å². The topological polar surface area (TPSA) is 47.3 Å². The molecule has 1 saturated heterocycles. The van der Waals surface area contributed by atoms with Gasteiger partial charge in [-0.25, -0.2) is 0 Å². The second kappa shape index (κ2) is 5.71. The third-order valence-corrected chi connectivity index (χ3v) is 3.63. The van der Waals surface area contributed by atoms with Crippen LogP contribution >= 0.6 is 11.6 Å². The van der Waals surface area contributed by atoms with Crippen LogP contribution in [0.1, 0.15) is 19.3 Å². The highest BCUT2D eigenvalue weighted by atomic mass is 35.5. The summed E-state index contributed by atoms with van der Waals surface area (Å²) >= 11 is 6.05. The van der Waals surface area contributed by atoms with Crippen LogP contribution in [-0.2, 0) is 0 Å². The molecule has 1 unspecified atom stereocenters. The molecule has 0 radical (unpaired) electrons. The second-order valence-corrected chi connectivity index (χ2v) is 4.99. The van der Waals surface area contributed by atoms with E-state index in [1.54, 1.807) is 0 Å². The van der Waals surface area contributed by atoms with Crippen molar-refractivity contribution >= 4 is 11.6 Å². The number of hydrogen-bond donors (Lipinski definition) is 2. The van der Waals surface area contributed by atoms with Crippen molar-refractivity contribution < 1.29 is 4.74 Å². The fraction of sp³-hybridized carbons (Fsp3) is 0.538. The van der Waals surface area contributed by atoms with Gasteiger partial charge in [0.05, 0.1) is 10.6 Å². The zero-order chi connectivity index (χ0) is 12.1. The number of piperidine rings is 1. The standard InChI is InChI=1S/C13H19ClN2O/c14-11-5-1-2-6-12(11)17-10-13(9-15)7-3-4-8-16-13/h1-2,5-6,16H,3-4,7-10,15H2. The molecule has 0 bridgehead atoms. The summed E-state index contributed by atoms with van der Waals surface area (Å²) < 4.78 is 5.80. The summed E-state index contributed by atoms with van der Waals surface area (Å²) in [5.41, 5.74) is 5.78. The summed E-state index contributed by atoms with van der Waals surface area (Å²) in [6.45, 7) is 2.19. The van der Waals surface area contributed by atoms with E-state index < -0.39 is 0 Å². The predicted octanol–water partition coefficient (Wildman–Crippen LogP) is 2.19. The van der Waals surface area contributed by atoms with Crippen LogP contribution in [0.15, 0.2) is 24.3 Å². The van der Waals surface area contributed by atoms with Gasteiger partial charge < -0.3 is 15.8 Å². The van der Waals surface area contributed by atoms with E-state index in [-0.39, 0.29) is 5.54 Å². The molecule has 0 aliphatic carbocycles. The minimum absolute atomic E-state index is 0.0859. The Kier molecular flexibility index (Phi) is 4.26. The Morgan fingerprint density at radius 2 is 2.18 bits per heavy atom. The Balaban J connectivity index is 1.98. The molecule has 0 aromatic heterocycles. The molecule has 1 aromatic rings. The maximum atomic E-state index is 6.05. The molecule has 1 aliphatic heterocycles. The van der Waals surface area contributed by atoms with Crippen LogP contribution in [0.4, 0.5) is 0 Å². The van der Waals surface area contributed by atoms with Crippen molar-refractivity contribution in [3.8, 4) is 5.75 Å². The van der Waals surface area contributed by atoms with Crippen molar-refractivity contribution in [1.29, 1.82) is 0 Å². The van der Waals surface area contributed by atoms with Crippen LogP contribution in [0.25, 0.3) is 0 Å². The molecule has 0 saturated carbocycles. The molecule has 17 heavy (non-hydrogen) atoms. The third kappa shape index (κ3) is 3.12. The van der Waals surface area contributed by atoms with E-state index in [0.29, 0.717) is 18.2 Å². The van der Waals surface area contributed by atoms with E-state index in [1.807, 2.05) is 24.3 Å². The Morgan fingerprint density at radius 1 is 1.35 bits per heavy atom. The SMILES string of the molecule is NCC1(COc2ccccc2Cl)CCCCN1. The first-order valence-corrected chi connectivity index (χ1v) is 6.46. The van der Waals surface area contributed by atoms with Gasteiger partial charge in [0.15, 0.2) is 0 Å². The van der Waals surface area contributed by atoms with Crippen LogP contribution in [0, 0.1) is 0 Å². The number of nitrogens with one attached hydrogen (secondary N) is 1. The Bertz CT molecular complexity index is 364. The highest BCUT2D eigenvalue weighted by molar-refractivity contribution is 6.32. The summed E-state index contributed by atoms with van der Waals surface area (Å²) in [5.74, 6) is 0.731. The van der Waals surface area contributed by atoms with Crippen LogP contribution in [0.3, 0.4) is 0 Å². The summed E-state index contributed by atoms with van der Waals surface area (Å²) in [4.78, 5) is 0. The van der Waals surface area contributed by atoms with Gasteiger partial charge in [-0.2, -0.15) is 0 Å². The molecule has 1 heterocycles. The molecule has 2 rings (SSSR count). The minimum atomic E-state index is -0.0859. The number of halogens is 1. The lowest BCUT2D eigenvalue weighted by Gasteiger charge is -2.37. The average Bonchev–Trinajstić information content (AvgIpc) is 2.39. The van der Waals surface area contributed by atoms with E-state index in [9.17, 15) is 0 Å². The highest BCUT2D eigenvalue weighted by Crippen LogP contribution is 2.26. The van der Waals surface area contributed by atoms with Crippen LogP contribution in [0.2, 0.25) is 5.02 Å². The molecular weight excluding hydrogens is 236 g/mol. The first kappa shape index (κ1) is 12.7. The summed E-state index contributed by atoms with van der Waals surface area (Å²) in [6, 6.07) is 7.53. The Morgan fingerprint density at radius 3 is 2.82 bits per heavy atom. The van der Waals surface area contributed by atoms with E-state index in [4.69, 9.17) is 22.1 Å². The number of nitrogens with two attached hydrogens (primary N) is 1. The van der Waals surface area contributed by atoms with Gasteiger partial charge in [-0.1, -0.05) is 30.2 Å². The molecule has 3 N–H and O–H groups in total. The number of benzene rings is 1. The molecule has 1 fully saturated rings. The van der Waals surface area contributed by atoms with Crippen molar-refractivity contribution in [1.82, 2.24) is 5.32 Å². The van der Waals surface area contributed by atoms with Crippen molar-refractivity contribution in [2.75, 3.05) is 19.7 Å². The van der Waals surface area contributed by atoms with E-state index in [1.165, 1.54) is 12.8 Å². The molecule has 94 valence electrons. The van der Waals surface area contributed by atoms with Crippen LogP contribution in [0.5, 0.6) is 5.75 Å². The maximum Gasteiger partial charge on any atom is 0.137 e. The normalized spacial score (nSPS) is 24.6. The summed E-state index contributed by atoms with van der Waals surface area (Å²) in [6.07, 6.45) is 3.48. The van der Waals surface area contributed by atoms with Gasteiger partial charge in [-0.15, -0.1) is 0 Å². The van der Waals surface area contributed by atoms with Crippen LogP contribution in [-0.4, -0.2) is 25.2 Å². The van der Waals surface area contributed by atoms with Crippen LogP contribution < -0.4 is 15.8 Å². The maximum absolute atomic E-state index is 6.05. The average molecular weight is 255 g/mol. The quantitative estimate of drug-likeness (QED) is 0.866. The first-order valence-electron chi connectivity index (χ1n) is 6.08. The molecule has 3 nitrogen and oxygen atoms in total. The molecule has 1 aliphatic rings. The van der Waals surface area contributed by atoms with E-state index in [2.05, 4.69) is 5.32 Å². The second-order valence-electron chi connectivity index (χ2n) is 4.59. The summed E-state index contributed by atoms with van der Waals surface area (Å²) in [5, 5.41) is 4.13. The van der Waals surface area contributed by atoms with E-state index >= 15 is 0 Å². The fourth-order valence-corrected chi connectivity index (χ4v) is 2.35. The Labute approximate surface area is 107 Å². The highest BCUT2D eigenvalue weighted by Gasteiger charge is 2.31. The van der Waals surface area contributed by atoms with Crippen molar-refractivity contribution in [3.05, 3.63) is 29.3 Å². The van der Waals surface area contributed by atoms with Gasteiger partial charge in [0, 0.05) is 6.54 Å². The van der Waals surface area contributed by atoms with Crippen molar-refractivity contribution in [2.24, 2.45) is 5.73 Å². The molecule has 1 aromatic carbocycles. The number of ether oxygens (including phenoxy) is 1. The van der Waals surface area contributed by atoms with Gasteiger partial charge >= 0.3 is 0 Å². The molecule has 4 heteroatoms. The number of para-hydroxylation sites is 1. The third-order valence-electron chi connectivity index (χ3n) is 3.31. The first-order chi connectivity index (χ1) is 8.26. The largest absolute Gasteiger partial charge is 0.490 e. The number of hydrogen-bond acceptors (Lipinski definition) is 3. The fourth-order valence-electron chi connectivity index (χ4n) is 2.16. The molecule has 1 atom stereocenters. The van der Waals surface area contributed by atoms with Gasteiger partial charge in [0.2, 0.25) is 0 Å². The van der Waals surface area contributed by atoms with Crippen molar-refractivity contribution in [2.45, 2.75) is 24.8 Å². The zero-order valence-electron chi connectivity index (χ0n) is 9.92. The van der Waals surface area contributed by atoms with Gasteiger partial charge in [-0.3, -0.25) is 0 Å². The summed E-state index contributed by atoms with van der Waals surface area (Å²) in [7, 11) is 0. The monoisotopic (exact) mass is 254 g/mol. The van der Waals surface area contributed by atoms with E-state index in [0.717, 1.165) is 18.7 Å². The lowest BCUT2D eigenvalue weighted by molar-refractivity contribution is 0.154. The molecule has 0 amide bonds. The minimum Gasteiger partial charge on any atom is -0.490 e. The molecule has 0 spiro atoms. The lowest BCUT2D eigenvalue weighted by atomic mass is 9.90. The molecular formula is C13H19ClN2O. The predicted molar refractivity (Wildman–Crippen MR) is 70.6 cm³/mol. The zero-order valence-corrected chi connectivity index (χ0v) is 10.7. The lowest BCUT2D eigenvalue weighted by Crippen LogP contribution is -2.57. The Hall–Kier alpha value is -0.770. The smallest absolute Gasteiger partial charge is 0.137 e. The number of rotatable bonds is 4. The van der Waals surface area contributed by atoms with Gasteiger partial charge in [0.25, 0.3) is 0 Å². The van der Waals surface area contributed by atoms with Gasteiger partial charge in [-0.05, 0) is 31.5 Å². The van der Waals surface area contributed by atoms with Gasteiger partial charge in [0.1, 0.15) is 12.4 Å².